The third kappa shape index (κ3) is 6.12. The number of nitrogens with one attached hydrogen (secondary N) is 1. The Bertz CT molecular complexity index is 169. The molecule has 1 atom stereocenters. The van der Waals surface area contributed by atoms with Crippen molar-refractivity contribution in [2.75, 3.05) is 31.8 Å². The highest BCUT2D eigenvalue weighted by molar-refractivity contribution is 7.99. The quantitative estimate of drug-likeness (QED) is 0.745. The van der Waals surface area contributed by atoms with Gasteiger partial charge < -0.3 is 10.1 Å². The zero-order valence-corrected chi connectivity index (χ0v) is 11.8. The Kier molecular flexibility index (Phi) is 7.50. The van der Waals surface area contributed by atoms with Crippen LogP contribution in [0.3, 0.4) is 0 Å². The molecule has 3 heteroatoms. The van der Waals surface area contributed by atoms with Gasteiger partial charge in [0.05, 0.1) is 0 Å². The first kappa shape index (κ1) is 14.3. The van der Waals surface area contributed by atoms with E-state index in [1.165, 1.54) is 30.8 Å². The molecule has 0 aliphatic carbocycles. The van der Waals surface area contributed by atoms with E-state index in [2.05, 4.69) is 38.0 Å². The van der Waals surface area contributed by atoms with Gasteiger partial charge in [-0.25, -0.2) is 0 Å². The van der Waals surface area contributed by atoms with E-state index in [9.17, 15) is 0 Å². The molecule has 0 aromatic heterocycles. The monoisotopic (exact) mass is 245 g/mol. The minimum Gasteiger partial charge on any atom is -0.381 e. The van der Waals surface area contributed by atoms with Crippen LogP contribution < -0.4 is 5.32 Å². The lowest BCUT2D eigenvalue weighted by atomic mass is 9.93. The molecule has 1 N–H and O–H groups in total. The summed E-state index contributed by atoms with van der Waals surface area (Å²) >= 11 is 2.09. The van der Waals surface area contributed by atoms with Crippen LogP contribution >= 0.6 is 11.8 Å². The first-order valence-corrected chi connectivity index (χ1v) is 7.70. The Hall–Kier alpha value is 0.270. The summed E-state index contributed by atoms with van der Waals surface area (Å²) in [7, 11) is 2.10. The van der Waals surface area contributed by atoms with Crippen molar-refractivity contribution in [1.29, 1.82) is 0 Å². The lowest BCUT2D eigenvalue weighted by molar-refractivity contribution is 0.0616. The van der Waals surface area contributed by atoms with Crippen LogP contribution in [0.25, 0.3) is 0 Å². The van der Waals surface area contributed by atoms with Gasteiger partial charge in [-0.15, -0.1) is 0 Å². The van der Waals surface area contributed by atoms with Gasteiger partial charge in [-0.05, 0) is 43.9 Å². The molecular weight excluding hydrogens is 218 g/mol. The lowest BCUT2D eigenvalue weighted by Gasteiger charge is -2.26. The van der Waals surface area contributed by atoms with Crippen LogP contribution in [0.4, 0.5) is 0 Å². The van der Waals surface area contributed by atoms with Gasteiger partial charge in [0.25, 0.3) is 0 Å². The maximum absolute atomic E-state index is 5.40. The summed E-state index contributed by atoms with van der Waals surface area (Å²) in [5.41, 5.74) is 0. The Morgan fingerprint density at radius 3 is 2.50 bits per heavy atom. The van der Waals surface area contributed by atoms with Gasteiger partial charge in [-0.2, -0.15) is 11.8 Å². The van der Waals surface area contributed by atoms with Crippen LogP contribution in [-0.2, 0) is 4.74 Å². The molecule has 2 nitrogen and oxygen atoms in total. The van der Waals surface area contributed by atoms with Crippen molar-refractivity contribution in [3.8, 4) is 0 Å². The summed E-state index contributed by atoms with van der Waals surface area (Å²) in [6.45, 7) is 6.53. The zero-order valence-electron chi connectivity index (χ0n) is 11.0. The minimum absolute atomic E-state index is 0.687. The number of hydrogen-bond donors (Lipinski definition) is 1. The molecule has 1 aliphatic rings. The van der Waals surface area contributed by atoms with Gasteiger partial charge in [-0.1, -0.05) is 13.8 Å². The van der Waals surface area contributed by atoms with E-state index in [1.54, 1.807) is 0 Å². The van der Waals surface area contributed by atoms with Crippen LogP contribution in [0, 0.1) is 11.8 Å². The highest BCUT2D eigenvalue weighted by Crippen LogP contribution is 2.22. The molecule has 0 amide bonds. The highest BCUT2D eigenvalue weighted by atomic mass is 32.2. The van der Waals surface area contributed by atoms with Gasteiger partial charge in [-0.3, -0.25) is 0 Å². The van der Waals surface area contributed by atoms with Crippen LogP contribution in [0.2, 0.25) is 0 Å². The van der Waals surface area contributed by atoms with E-state index < -0.39 is 0 Å². The second kappa shape index (κ2) is 8.37. The fraction of sp³-hybridized carbons (Fsp3) is 1.00. The molecule has 0 aromatic rings. The summed E-state index contributed by atoms with van der Waals surface area (Å²) < 4.78 is 5.40. The number of hydrogen-bond acceptors (Lipinski definition) is 3. The lowest BCUT2D eigenvalue weighted by Crippen LogP contribution is -2.32. The van der Waals surface area contributed by atoms with Crippen molar-refractivity contribution in [1.82, 2.24) is 5.32 Å². The SMILES string of the molecule is CNC(CSCC(C)C)CC1CCOCC1. The molecule has 1 aliphatic heterocycles. The van der Waals surface area contributed by atoms with Crippen molar-refractivity contribution >= 4 is 11.8 Å². The molecule has 16 heavy (non-hydrogen) atoms. The minimum atomic E-state index is 0.687. The van der Waals surface area contributed by atoms with E-state index in [1.807, 2.05) is 0 Å². The summed E-state index contributed by atoms with van der Waals surface area (Å²) in [6, 6.07) is 0.687. The van der Waals surface area contributed by atoms with Crippen molar-refractivity contribution in [3.05, 3.63) is 0 Å². The molecule has 1 saturated heterocycles. The topological polar surface area (TPSA) is 21.3 Å². The Morgan fingerprint density at radius 1 is 1.25 bits per heavy atom. The predicted molar refractivity (Wildman–Crippen MR) is 73.2 cm³/mol. The summed E-state index contributed by atoms with van der Waals surface area (Å²) in [6.07, 6.45) is 3.84. The van der Waals surface area contributed by atoms with Crippen LogP contribution in [0.15, 0.2) is 0 Å². The summed E-state index contributed by atoms with van der Waals surface area (Å²) in [4.78, 5) is 0. The molecule has 1 unspecified atom stereocenters. The Labute approximate surface area is 105 Å². The average molecular weight is 245 g/mol. The molecule has 96 valence electrons. The van der Waals surface area contributed by atoms with E-state index >= 15 is 0 Å². The predicted octanol–water partition coefficient (Wildman–Crippen LogP) is 2.78. The molecule has 0 spiro atoms. The normalized spacial score (nSPS) is 20.2. The average Bonchev–Trinajstić information content (AvgIpc) is 2.28. The molecule has 0 bridgehead atoms. The molecule has 0 aromatic carbocycles. The maximum Gasteiger partial charge on any atom is 0.0468 e. The first-order chi connectivity index (χ1) is 7.72. The molecule has 1 fully saturated rings. The second-order valence-electron chi connectivity index (χ2n) is 5.21. The van der Waals surface area contributed by atoms with Gasteiger partial charge in [0.1, 0.15) is 0 Å². The number of thioether (sulfide) groups is 1. The van der Waals surface area contributed by atoms with Crippen molar-refractivity contribution in [2.24, 2.45) is 11.8 Å². The van der Waals surface area contributed by atoms with Crippen molar-refractivity contribution < 1.29 is 4.74 Å². The number of ether oxygens (including phenoxy) is 1. The fourth-order valence-electron chi connectivity index (χ4n) is 2.10. The Morgan fingerprint density at radius 2 is 1.94 bits per heavy atom. The second-order valence-corrected chi connectivity index (χ2v) is 6.28. The third-order valence-corrected chi connectivity index (χ3v) is 4.68. The van der Waals surface area contributed by atoms with Gasteiger partial charge >= 0.3 is 0 Å². The van der Waals surface area contributed by atoms with Crippen LogP contribution in [0.1, 0.15) is 33.1 Å². The third-order valence-electron chi connectivity index (χ3n) is 3.14. The van der Waals surface area contributed by atoms with E-state index in [-0.39, 0.29) is 0 Å². The molecule has 1 rings (SSSR count). The summed E-state index contributed by atoms with van der Waals surface area (Å²) in [5.74, 6) is 4.23. The fourth-order valence-corrected chi connectivity index (χ4v) is 3.29. The first-order valence-electron chi connectivity index (χ1n) is 6.55. The Balaban J connectivity index is 2.14. The van der Waals surface area contributed by atoms with E-state index in [0.29, 0.717) is 6.04 Å². The summed E-state index contributed by atoms with van der Waals surface area (Å²) in [5, 5.41) is 3.46. The van der Waals surface area contributed by atoms with Crippen LogP contribution in [-0.4, -0.2) is 37.8 Å². The molecule has 1 heterocycles. The largest absolute Gasteiger partial charge is 0.381 e. The van der Waals surface area contributed by atoms with Gasteiger partial charge in [0, 0.05) is 25.0 Å². The van der Waals surface area contributed by atoms with Crippen molar-refractivity contribution in [2.45, 2.75) is 39.2 Å². The molecule has 0 radical (unpaired) electrons. The van der Waals surface area contributed by atoms with Crippen LogP contribution in [0.5, 0.6) is 0 Å². The zero-order chi connectivity index (χ0) is 11.8. The molecule has 0 saturated carbocycles. The molecular formula is C13H27NOS. The number of rotatable bonds is 7. The van der Waals surface area contributed by atoms with E-state index in [0.717, 1.165) is 25.0 Å². The standard InChI is InChI=1S/C13H27NOS/c1-11(2)9-16-10-13(14-3)8-12-4-6-15-7-5-12/h11-14H,4-10H2,1-3H3. The van der Waals surface area contributed by atoms with E-state index in [4.69, 9.17) is 4.74 Å². The smallest absolute Gasteiger partial charge is 0.0468 e. The highest BCUT2D eigenvalue weighted by Gasteiger charge is 2.18. The van der Waals surface area contributed by atoms with Crippen molar-refractivity contribution in [3.63, 3.8) is 0 Å². The van der Waals surface area contributed by atoms with Gasteiger partial charge in [0.15, 0.2) is 0 Å². The van der Waals surface area contributed by atoms with Gasteiger partial charge in [0.2, 0.25) is 0 Å². The maximum atomic E-state index is 5.40.